The molecule has 3 rings (SSSR count). The molecule has 2 aromatic carbocycles. The average Bonchev–Trinajstić information content (AvgIpc) is 2.44. The van der Waals surface area contributed by atoms with Gasteiger partial charge in [-0.15, -0.1) is 5.26 Å². The van der Waals surface area contributed by atoms with E-state index in [1.165, 1.54) is 6.26 Å². The first-order chi connectivity index (χ1) is 9.29. The smallest absolute Gasteiger partial charge is 0.347 e. The van der Waals surface area contributed by atoms with Gasteiger partial charge in [-0.3, -0.25) is 0 Å². The van der Waals surface area contributed by atoms with Gasteiger partial charge < -0.3 is 4.74 Å². The highest BCUT2D eigenvalue weighted by molar-refractivity contribution is 6.06. The third-order valence-electron chi connectivity index (χ3n) is 2.92. The Labute approximate surface area is 108 Å². The number of aromatic nitrogens is 1. The summed E-state index contributed by atoms with van der Waals surface area (Å²) in [5.41, 5.74) is 1.91. The summed E-state index contributed by atoms with van der Waals surface area (Å²) < 4.78 is 4.39. The lowest BCUT2D eigenvalue weighted by Crippen LogP contribution is -2.02. The number of carbonyl (C=O) groups is 1. The topological polar surface area (TPSA) is 63.0 Å². The van der Waals surface area contributed by atoms with Gasteiger partial charge in [0.1, 0.15) is 0 Å². The number of carbonyl (C=O) groups excluding carboxylic acids is 1. The number of nitrogens with zero attached hydrogens (tertiary/aromatic N) is 2. The molecule has 1 aromatic heterocycles. The zero-order chi connectivity index (χ0) is 13.2. The summed E-state index contributed by atoms with van der Waals surface area (Å²) in [6, 6.07) is 14.7. The van der Waals surface area contributed by atoms with Crippen LogP contribution in [0.5, 0.6) is 0 Å². The van der Waals surface area contributed by atoms with Crippen molar-refractivity contribution in [3.05, 3.63) is 54.1 Å². The quantitative estimate of drug-likeness (QED) is 0.377. The van der Waals surface area contributed by atoms with Crippen molar-refractivity contribution in [1.29, 1.82) is 5.26 Å². The minimum Gasteiger partial charge on any atom is -0.347 e. The molecule has 0 amide bonds. The lowest BCUT2D eigenvalue weighted by Gasteiger charge is -2.05. The van der Waals surface area contributed by atoms with Gasteiger partial charge in [0.05, 0.1) is 16.6 Å². The molecule has 0 spiro atoms. The van der Waals surface area contributed by atoms with E-state index >= 15 is 0 Å². The highest BCUT2D eigenvalue weighted by Gasteiger charge is 2.12. The number of ether oxygens (including phenoxy) is 1. The van der Waals surface area contributed by atoms with Crippen molar-refractivity contribution in [2.75, 3.05) is 0 Å². The van der Waals surface area contributed by atoms with Gasteiger partial charge in [-0.05, 0) is 24.3 Å². The van der Waals surface area contributed by atoms with Gasteiger partial charge in [-0.2, -0.15) is 0 Å². The van der Waals surface area contributed by atoms with Crippen LogP contribution in [-0.4, -0.2) is 11.0 Å². The number of nitriles is 1. The van der Waals surface area contributed by atoms with E-state index in [9.17, 15) is 4.79 Å². The van der Waals surface area contributed by atoms with Crippen molar-refractivity contribution in [2.24, 2.45) is 0 Å². The second kappa shape index (κ2) is 4.39. The Morgan fingerprint density at radius 2 is 1.89 bits per heavy atom. The second-order valence-corrected chi connectivity index (χ2v) is 4.03. The molecule has 4 heteroatoms. The van der Waals surface area contributed by atoms with Crippen molar-refractivity contribution < 1.29 is 9.53 Å². The summed E-state index contributed by atoms with van der Waals surface area (Å²) in [5.74, 6) is -0.662. The minimum atomic E-state index is -0.662. The fourth-order valence-corrected chi connectivity index (χ4v) is 2.07. The van der Waals surface area contributed by atoms with Crippen LogP contribution < -0.4 is 0 Å². The number of hydrogen-bond donors (Lipinski definition) is 0. The first-order valence-electron chi connectivity index (χ1n) is 5.68. The molecule has 0 unspecified atom stereocenters. The fourth-order valence-electron chi connectivity index (χ4n) is 2.07. The Balaban J connectivity index is 2.32. The van der Waals surface area contributed by atoms with Crippen LogP contribution >= 0.6 is 0 Å². The number of pyridine rings is 1. The lowest BCUT2D eigenvalue weighted by atomic mass is 10.1. The van der Waals surface area contributed by atoms with Crippen LogP contribution in [0.4, 0.5) is 0 Å². The van der Waals surface area contributed by atoms with Gasteiger partial charge in [0.2, 0.25) is 0 Å². The molecule has 0 N–H and O–H groups in total. The maximum atomic E-state index is 11.7. The van der Waals surface area contributed by atoms with E-state index in [2.05, 4.69) is 9.72 Å². The Kier molecular flexibility index (Phi) is 2.58. The summed E-state index contributed by atoms with van der Waals surface area (Å²) in [4.78, 5) is 16.2. The Morgan fingerprint density at radius 3 is 2.74 bits per heavy atom. The van der Waals surface area contributed by atoms with E-state index in [4.69, 9.17) is 5.26 Å². The maximum Gasteiger partial charge on any atom is 0.354 e. The van der Waals surface area contributed by atoms with E-state index in [0.29, 0.717) is 16.5 Å². The normalized spacial score (nSPS) is 10.3. The largest absolute Gasteiger partial charge is 0.354 e. The van der Waals surface area contributed by atoms with Gasteiger partial charge >= 0.3 is 5.97 Å². The highest BCUT2D eigenvalue weighted by atomic mass is 16.5. The van der Waals surface area contributed by atoms with Crippen molar-refractivity contribution in [2.45, 2.75) is 0 Å². The zero-order valence-electron chi connectivity index (χ0n) is 9.83. The Morgan fingerprint density at radius 1 is 1.11 bits per heavy atom. The van der Waals surface area contributed by atoms with E-state index in [0.717, 1.165) is 10.9 Å². The third-order valence-corrected chi connectivity index (χ3v) is 2.92. The van der Waals surface area contributed by atoms with Gasteiger partial charge in [0, 0.05) is 10.8 Å². The van der Waals surface area contributed by atoms with Gasteiger partial charge in [0.25, 0.3) is 6.26 Å². The molecule has 19 heavy (non-hydrogen) atoms. The van der Waals surface area contributed by atoms with Crippen LogP contribution in [0.1, 0.15) is 10.4 Å². The molecule has 0 fully saturated rings. The van der Waals surface area contributed by atoms with E-state index in [1.807, 2.05) is 36.4 Å². The molecule has 0 saturated carbocycles. The van der Waals surface area contributed by atoms with Crippen LogP contribution in [0.3, 0.4) is 0 Å². The van der Waals surface area contributed by atoms with Crippen LogP contribution in [-0.2, 0) is 4.74 Å². The molecular weight excluding hydrogens is 240 g/mol. The van der Waals surface area contributed by atoms with Gasteiger partial charge in [-0.1, -0.05) is 24.3 Å². The third kappa shape index (κ3) is 1.87. The van der Waals surface area contributed by atoms with Gasteiger partial charge in [-0.25, -0.2) is 9.78 Å². The molecule has 1 heterocycles. The number of para-hydroxylation sites is 1. The number of hydrogen-bond acceptors (Lipinski definition) is 4. The summed E-state index contributed by atoms with van der Waals surface area (Å²) >= 11 is 0. The number of esters is 1. The number of fused-ring (bicyclic) bond motifs is 2. The monoisotopic (exact) mass is 248 g/mol. The van der Waals surface area contributed by atoms with Gasteiger partial charge in [0.15, 0.2) is 0 Å². The van der Waals surface area contributed by atoms with Crippen molar-refractivity contribution in [1.82, 2.24) is 4.98 Å². The SMILES string of the molecule is N#COC(=O)c1cccc2nc3ccccc3cc12. The first-order valence-corrected chi connectivity index (χ1v) is 5.68. The maximum absolute atomic E-state index is 11.7. The van der Waals surface area contributed by atoms with E-state index in [1.54, 1.807) is 12.1 Å². The fraction of sp³-hybridized carbons (Fsp3) is 0. The number of benzene rings is 2. The molecule has 3 aromatic rings. The predicted octanol–water partition coefficient (Wildman–Crippen LogP) is 3.03. The summed E-state index contributed by atoms with van der Waals surface area (Å²) in [6.45, 7) is 0. The van der Waals surface area contributed by atoms with Crippen LogP contribution in [0.2, 0.25) is 0 Å². The molecule has 4 nitrogen and oxygen atoms in total. The van der Waals surface area contributed by atoms with Crippen molar-refractivity contribution in [3.63, 3.8) is 0 Å². The molecule has 0 aliphatic rings. The average molecular weight is 248 g/mol. The Bertz CT molecular complexity index is 834. The highest BCUT2D eigenvalue weighted by Crippen LogP contribution is 2.23. The summed E-state index contributed by atoms with van der Waals surface area (Å²) in [6.07, 6.45) is 1.40. The number of rotatable bonds is 1. The molecule has 0 saturated heterocycles. The van der Waals surface area contributed by atoms with Crippen LogP contribution in [0.15, 0.2) is 48.5 Å². The van der Waals surface area contributed by atoms with Crippen LogP contribution in [0.25, 0.3) is 21.8 Å². The lowest BCUT2D eigenvalue weighted by molar-refractivity contribution is 0.0687. The predicted molar refractivity (Wildman–Crippen MR) is 70.3 cm³/mol. The molecule has 0 atom stereocenters. The van der Waals surface area contributed by atoms with Crippen molar-refractivity contribution >= 4 is 27.8 Å². The molecule has 0 bridgehead atoms. The summed E-state index contributed by atoms with van der Waals surface area (Å²) in [5, 5.41) is 10.1. The second-order valence-electron chi connectivity index (χ2n) is 4.03. The first kappa shape index (κ1) is 11.2. The molecule has 90 valence electrons. The van der Waals surface area contributed by atoms with E-state index < -0.39 is 5.97 Å². The standard InChI is InChI=1S/C15H8N2O2/c16-9-19-15(18)11-5-3-7-14-12(11)8-10-4-1-2-6-13(10)17-14/h1-8H. The zero-order valence-corrected chi connectivity index (χ0v) is 9.83. The summed E-state index contributed by atoms with van der Waals surface area (Å²) in [7, 11) is 0. The molecule has 0 aliphatic heterocycles. The van der Waals surface area contributed by atoms with Crippen molar-refractivity contribution in [3.8, 4) is 6.26 Å². The molecule has 0 aliphatic carbocycles. The Hall–Kier alpha value is -2.93. The molecule has 0 radical (unpaired) electrons. The van der Waals surface area contributed by atoms with E-state index in [-0.39, 0.29) is 0 Å². The molecular formula is C15H8N2O2. The minimum absolute atomic E-state index is 0.345. The van der Waals surface area contributed by atoms with Crippen LogP contribution in [0, 0.1) is 11.5 Å².